The van der Waals surface area contributed by atoms with Crippen LogP contribution >= 0.6 is 18.6 Å². The van der Waals surface area contributed by atoms with Crippen molar-refractivity contribution in [2.45, 2.75) is 39.5 Å². The minimum Gasteiger partial charge on any atom is -0.332 e. The molecular formula is C28H27Cl2NTi-2. The Balaban J connectivity index is 0.000000206. The number of nitrogens with zero attached hydrogens (tertiary/aromatic N) is 1. The molecule has 0 unspecified atom stereocenters. The first-order valence-electron chi connectivity index (χ1n) is 11.1. The van der Waals surface area contributed by atoms with Crippen molar-refractivity contribution >= 4 is 40.3 Å². The second kappa shape index (κ2) is 10.5. The van der Waals surface area contributed by atoms with E-state index >= 15 is 0 Å². The van der Waals surface area contributed by atoms with Gasteiger partial charge in [0.1, 0.15) is 0 Å². The fourth-order valence-corrected chi connectivity index (χ4v) is 4.65. The fourth-order valence-electron chi connectivity index (χ4n) is 4.65. The van der Waals surface area contributed by atoms with Crippen LogP contribution in [-0.4, -0.2) is 4.57 Å². The van der Waals surface area contributed by atoms with Gasteiger partial charge >= 0.3 is 35.6 Å². The maximum Gasteiger partial charge on any atom is 0.0516 e. The molecule has 32 heavy (non-hydrogen) atoms. The Morgan fingerprint density at radius 2 is 1.72 bits per heavy atom. The minimum atomic E-state index is -0.556. The Kier molecular flexibility index (Phi) is 7.74. The molecule has 0 bridgehead atoms. The van der Waals surface area contributed by atoms with Gasteiger partial charge in [0.05, 0.1) is 5.52 Å². The third kappa shape index (κ3) is 5.13. The van der Waals surface area contributed by atoms with Crippen LogP contribution in [0.2, 0.25) is 0 Å². The number of para-hydroxylation sites is 1. The molecule has 6 rings (SSSR count). The number of aryl methyl sites for hydroxylation is 1. The average Bonchev–Trinajstić information content (AvgIpc) is 3.49. The van der Waals surface area contributed by atoms with E-state index in [4.69, 9.17) is 18.6 Å². The minimum absolute atomic E-state index is 0.208. The Hall–Kier alpha value is -1.64. The molecule has 0 saturated heterocycles. The summed E-state index contributed by atoms with van der Waals surface area (Å²) in [6.07, 6.45) is 14.3. The predicted octanol–water partition coefficient (Wildman–Crippen LogP) is 8.70. The fraction of sp³-hybridized carbons (Fsp3) is 0.250. The van der Waals surface area contributed by atoms with Gasteiger partial charge in [-0.1, -0.05) is 43.5 Å². The predicted molar refractivity (Wildman–Crippen MR) is 135 cm³/mol. The van der Waals surface area contributed by atoms with E-state index in [2.05, 4.69) is 91.2 Å². The van der Waals surface area contributed by atoms with Crippen molar-refractivity contribution < 1.29 is 17.0 Å². The Bertz CT molecular complexity index is 1210. The monoisotopic (exact) mass is 495 g/mol. The van der Waals surface area contributed by atoms with Gasteiger partial charge in [0.2, 0.25) is 0 Å². The van der Waals surface area contributed by atoms with Gasteiger partial charge in [-0.2, -0.15) is 6.08 Å². The second-order valence-electron chi connectivity index (χ2n) is 8.79. The van der Waals surface area contributed by atoms with Crippen molar-refractivity contribution in [1.82, 2.24) is 4.57 Å². The van der Waals surface area contributed by atoms with Crippen molar-refractivity contribution in [2.75, 3.05) is 0 Å². The van der Waals surface area contributed by atoms with Gasteiger partial charge in [0.25, 0.3) is 0 Å². The first-order valence-corrected chi connectivity index (χ1v) is 15.4. The van der Waals surface area contributed by atoms with Crippen LogP contribution in [0.25, 0.3) is 27.4 Å². The number of hydrogen-bond donors (Lipinski definition) is 0. The van der Waals surface area contributed by atoms with Crippen LogP contribution in [0.5, 0.6) is 0 Å². The zero-order valence-corrected chi connectivity index (χ0v) is 21.6. The summed E-state index contributed by atoms with van der Waals surface area (Å²) in [6, 6.07) is 22.2. The van der Waals surface area contributed by atoms with E-state index < -0.39 is 17.0 Å². The SMILES string of the molecule is CC1(C)[C-]=CC=C1.[Cl][Ti][Cl].c1ccc2[cH-]c(-n3c4c(c5ccccc53)CCCC4)cc2c1. The van der Waals surface area contributed by atoms with E-state index in [0.29, 0.717) is 0 Å². The molecule has 3 aromatic carbocycles. The van der Waals surface area contributed by atoms with Gasteiger partial charge in [0, 0.05) is 11.1 Å². The molecule has 2 aliphatic carbocycles. The van der Waals surface area contributed by atoms with Gasteiger partial charge in [-0.05, 0) is 43.0 Å². The topological polar surface area (TPSA) is 4.93 Å². The van der Waals surface area contributed by atoms with E-state index in [1.165, 1.54) is 58.7 Å². The largest absolute Gasteiger partial charge is 0.332 e. The first kappa shape index (κ1) is 23.5. The normalized spacial score (nSPS) is 15.6. The Morgan fingerprint density at radius 1 is 1.00 bits per heavy atom. The van der Waals surface area contributed by atoms with Crippen LogP contribution in [0.4, 0.5) is 0 Å². The van der Waals surface area contributed by atoms with Crippen LogP contribution in [0.1, 0.15) is 37.9 Å². The molecule has 1 nitrogen and oxygen atoms in total. The molecule has 0 atom stereocenters. The van der Waals surface area contributed by atoms with Crippen molar-refractivity contribution in [3.63, 3.8) is 0 Å². The zero-order valence-electron chi connectivity index (χ0n) is 18.5. The van der Waals surface area contributed by atoms with E-state index in [9.17, 15) is 0 Å². The van der Waals surface area contributed by atoms with E-state index in [-0.39, 0.29) is 5.41 Å². The molecule has 0 saturated carbocycles. The first-order chi connectivity index (χ1) is 15.5. The summed E-state index contributed by atoms with van der Waals surface area (Å²) in [6.45, 7) is 4.26. The number of allylic oxidation sites excluding steroid dienone is 4. The summed E-state index contributed by atoms with van der Waals surface area (Å²) in [5.74, 6) is 0. The maximum atomic E-state index is 4.89. The number of benzene rings is 2. The van der Waals surface area contributed by atoms with Gasteiger partial charge < -0.3 is 4.57 Å². The van der Waals surface area contributed by atoms with Crippen molar-refractivity contribution in [3.05, 3.63) is 96.2 Å². The van der Waals surface area contributed by atoms with Crippen molar-refractivity contribution in [3.8, 4) is 5.69 Å². The Morgan fingerprint density at radius 3 is 2.41 bits per heavy atom. The maximum absolute atomic E-state index is 4.89. The molecule has 0 aliphatic heterocycles. The zero-order chi connectivity index (χ0) is 22.6. The molecule has 1 heterocycles. The van der Waals surface area contributed by atoms with E-state index in [1.807, 2.05) is 12.2 Å². The standard InChI is InChI=1S/C21H18N.C7H9.2ClH.Ti/c1-2-8-16-14-17(13-15(16)7-1)22-20-11-5-3-9-18(20)19-10-4-6-12-21(19)22;1-7(2)5-3-4-6-7;;;/h1-3,5,7-9,11,13-14H,4,6,10,12H2;3-5H,1-2H3;2*1H;/q2*-1;;;+2/p-2. The molecule has 0 fully saturated rings. The van der Waals surface area contributed by atoms with Crippen LogP contribution in [0, 0.1) is 11.5 Å². The number of aromatic nitrogens is 1. The third-order valence-corrected chi connectivity index (χ3v) is 6.10. The molecule has 164 valence electrons. The van der Waals surface area contributed by atoms with Gasteiger partial charge in [-0.25, -0.2) is 12.2 Å². The number of hydrogen-bond acceptors (Lipinski definition) is 0. The summed E-state index contributed by atoms with van der Waals surface area (Å²) in [4.78, 5) is 0. The van der Waals surface area contributed by atoms with Gasteiger partial charge in [-0.3, -0.25) is 6.08 Å². The molecule has 0 amide bonds. The average molecular weight is 496 g/mol. The second-order valence-corrected chi connectivity index (χ2v) is 11.4. The molecule has 4 aromatic rings. The van der Waals surface area contributed by atoms with Gasteiger partial charge in [0.15, 0.2) is 0 Å². The molecule has 0 radical (unpaired) electrons. The number of rotatable bonds is 1. The molecule has 2 aliphatic rings. The summed E-state index contributed by atoms with van der Waals surface area (Å²) in [5.41, 5.74) is 6.00. The number of halogens is 2. The quantitative estimate of drug-likeness (QED) is 0.184. The summed E-state index contributed by atoms with van der Waals surface area (Å²) in [5, 5.41) is 4.11. The van der Waals surface area contributed by atoms with Crippen molar-refractivity contribution in [2.24, 2.45) is 5.41 Å². The van der Waals surface area contributed by atoms with Crippen LogP contribution in [0.3, 0.4) is 0 Å². The van der Waals surface area contributed by atoms with Crippen LogP contribution < -0.4 is 0 Å². The Labute approximate surface area is 207 Å². The number of fused-ring (bicyclic) bond motifs is 4. The molecular weight excluding hydrogens is 469 g/mol. The van der Waals surface area contributed by atoms with Crippen LogP contribution in [-0.2, 0) is 29.9 Å². The molecule has 1 aromatic heterocycles. The molecule has 0 spiro atoms. The smallest absolute Gasteiger partial charge is 0.0516 e. The summed E-state index contributed by atoms with van der Waals surface area (Å²) in [7, 11) is 9.78. The molecule has 4 heteroatoms. The summed E-state index contributed by atoms with van der Waals surface area (Å²) < 4.78 is 2.50. The van der Waals surface area contributed by atoms with Gasteiger partial charge in [-0.15, -0.1) is 41.1 Å². The van der Waals surface area contributed by atoms with E-state index in [0.717, 1.165) is 0 Å². The van der Waals surface area contributed by atoms with Crippen molar-refractivity contribution in [1.29, 1.82) is 0 Å². The third-order valence-electron chi connectivity index (χ3n) is 6.10. The van der Waals surface area contributed by atoms with Crippen LogP contribution in [0.15, 0.2) is 78.9 Å². The van der Waals surface area contributed by atoms with E-state index in [1.54, 1.807) is 5.56 Å². The molecule has 0 N–H and O–H groups in total. The summed E-state index contributed by atoms with van der Waals surface area (Å²) >= 11 is -0.556.